The lowest BCUT2D eigenvalue weighted by molar-refractivity contribution is 0.271. The third-order valence-corrected chi connectivity index (χ3v) is 10.5. The molecule has 11 rings (SSSR count). The highest BCUT2D eigenvalue weighted by atomic mass is 16.5. The van der Waals surface area contributed by atoms with Crippen molar-refractivity contribution < 1.29 is 9.15 Å². The number of rotatable bonds is 4. The number of hydrogen-bond acceptors (Lipinski definition) is 5. The number of furan rings is 1. The van der Waals surface area contributed by atoms with E-state index in [-0.39, 0.29) is 12.0 Å². The average Bonchev–Trinajstić information content (AvgIpc) is 3.79. The number of aromatic nitrogens is 3. The van der Waals surface area contributed by atoms with E-state index in [0.29, 0.717) is 17.5 Å². The summed E-state index contributed by atoms with van der Waals surface area (Å²) in [6.07, 6.45) is 6.19. The molecule has 0 radical (unpaired) electrons. The van der Waals surface area contributed by atoms with E-state index in [0.717, 1.165) is 77.2 Å². The normalized spacial score (nSPS) is 16.3. The fraction of sp³-hybridized carbons (Fsp3) is 0.0426. The maximum absolute atomic E-state index is 6.38. The molecule has 0 spiro atoms. The van der Waals surface area contributed by atoms with Gasteiger partial charge in [-0.05, 0) is 75.1 Å². The van der Waals surface area contributed by atoms with Crippen LogP contribution in [-0.2, 0) is 0 Å². The number of ether oxygens (including phenoxy) is 1. The van der Waals surface area contributed by atoms with Crippen LogP contribution in [0.15, 0.2) is 168 Å². The molecule has 0 saturated carbocycles. The van der Waals surface area contributed by atoms with E-state index in [9.17, 15) is 0 Å². The van der Waals surface area contributed by atoms with Crippen LogP contribution in [0.2, 0.25) is 0 Å². The molecule has 3 heterocycles. The summed E-state index contributed by atoms with van der Waals surface area (Å²) < 4.78 is 12.6. The van der Waals surface area contributed by atoms with Crippen LogP contribution in [0.5, 0.6) is 5.75 Å². The minimum Gasteiger partial charge on any atom is -0.485 e. The van der Waals surface area contributed by atoms with Crippen molar-refractivity contribution in [2.75, 3.05) is 0 Å². The summed E-state index contributed by atoms with van der Waals surface area (Å²) in [6, 6.07) is 50.7. The van der Waals surface area contributed by atoms with Crippen LogP contribution in [0.4, 0.5) is 0 Å². The van der Waals surface area contributed by atoms with E-state index in [1.807, 2.05) is 30.3 Å². The average molecular weight is 668 g/mol. The third kappa shape index (κ3) is 4.60. The van der Waals surface area contributed by atoms with E-state index in [1.54, 1.807) is 0 Å². The van der Waals surface area contributed by atoms with Gasteiger partial charge >= 0.3 is 0 Å². The molecule has 5 heteroatoms. The topological polar surface area (TPSA) is 61.0 Å². The summed E-state index contributed by atoms with van der Waals surface area (Å²) in [4.78, 5) is 15.5. The Bertz CT molecular complexity index is 2970. The van der Waals surface area contributed by atoms with Gasteiger partial charge in [-0.25, -0.2) is 15.0 Å². The summed E-state index contributed by atoms with van der Waals surface area (Å²) in [5.74, 6) is 2.81. The molecule has 1 aliphatic carbocycles. The fourth-order valence-corrected chi connectivity index (χ4v) is 7.98. The first-order chi connectivity index (χ1) is 25.7. The number of benzene rings is 7. The lowest BCUT2D eigenvalue weighted by Crippen LogP contribution is -2.20. The molecule has 2 atom stereocenters. The Labute approximate surface area is 299 Å². The molecule has 9 aromatic rings. The summed E-state index contributed by atoms with van der Waals surface area (Å²) in [5.41, 5.74) is 8.08. The first kappa shape index (κ1) is 28.9. The zero-order chi connectivity index (χ0) is 34.2. The van der Waals surface area contributed by atoms with Gasteiger partial charge in [0.05, 0.1) is 5.92 Å². The van der Waals surface area contributed by atoms with Crippen LogP contribution in [0.1, 0.15) is 17.3 Å². The Morgan fingerprint density at radius 1 is 0.500 bits per heavy atom. The Morgan fingerprint density at radius 3 is 2.02 bits per heavy atom. The van der Waals surface area contributed by atoms with E-state index < -0.39 is 0 Å². The number of fused-ring (bicyclic) bond motifs is 8. The molecule has 244 valence electrons. The van der Waals surface area contributed by atoms with Gasteiger partial charge in [0.1, 0.15) is 23.0 Å². The first-order valence-electron chi connectivity index (χ1n) is 17.6. The quantitative estimate of drug-likeness (QED) is 0.187. The predicted molar refractivity (Wildman–Crippen MR) is 209 cm³/mol. The summed E-state index contributed by atoms with van der Waals surface area (Å²) >= 11 is 0. The number of nitrogens with zero attached hydrogens (tertiary/aromatic N) is 3. The molecule has 0 amide bonds. The first-order valence-corrected chi connectivity index (χ1v) is 17.6. The van der Waals surface area contributed by atoms with Crippen LogP contribution >= 0.6 is 0 Å². The molecular weight excluding hydrogens is 639 g/mol. The SMILES string of the molecule is C1=CC2Oc3ccccc3C2C(c2nc(-c3ccc4ccccc4c3)nc(-c3ccc4ccc(-c5cccc6oc7ccccc7c56)cc4c3)n2)=C1. The zero-order valence-electron chi connectivity index (χ0n) is 27.9. The molecule has 5 nitrogen and oxygen atoms in total. The van der Waals surface area contributed by atoms with Crippen LogP contribution in [0.25, 0.3) is 83.0 Å². The van der Waals surface area contributed by atoms with Crippen molar-refractivity contribution in [2.45, 2.75) is 12.0 Å². The maximum Gasteiger partial charge on any atom is 0.164 e. The molecule has 0 bridgehead atoms. The highest BCUT2D eigenvalue weighted by molar-refractivity contribution is 6.13. The third-order valence-electron chi connectivity index (χ3n) is 10.5. The zero-order valence-corrected chi connectivity index (χ0v) is 27.9. The molecule has 2 aromatic heterocycles. The second kappa shape index (κ2) is 11.3. The standard InChI is InChI=1S/C47H29N3O2/c1-2-10-30-25-32(23-20-28(30)9-1)45-48-46(50-47(49-45)38-14-8-18-42-44(38)37-12-4-6-16-40(37)52-42)33-24-21-29-19-22-31(26-34(29)27-33)35-13-7-17-41-43(35)36-11-3-5-15-39(36)51-41/h1-27,42,44H. The highest BCUT2D eigenvalue weighted by Crippen LogP contribution is 2.47. The van der Waals surface area contributed by atoms with Gasteiger partial charge in [0, 0.05) is 33.0 Å². The van der Waals surface area contributed by atoms with Gasteiger partial charge in [0.15, 0.2) is 17.5 Å². The molecular formula is C47H29N3O2. The van der Waals surface area contributed by atoms with Gasteiger partial charge in [0.25, 0.3) is 0 Å². The van der Waals surface area contributed by atoms with E-state index in [4.69, 9.17) is 24.1 Å². The van der Waals surface area contributed by atoms with Crippen LogP contribution < -0.4 is 4.74 Å². The maximum atomic E-state index is 6.38. The van der Waals surface area contributed by atoms with Gasteiger partial charge in [-0.15, -0.1) is 0 Å². The minimum absolute atomic E-state index is 0.0122. The minimum atomic E-state index is -0.113. The van der Waals surface area contributed by atoms with Gasteiger partial charge in [-0.2, -0.15) is 0 Å². The van der Waals surface area contributed by atoms with Crippen LogP contribution in [0.3, 0.4) is 0 Å². The Balaban J connectivity index is 1.08. The van der Waals surface area contributed by atoms with Crippen LogP contribution in [0, 0.1) is 0 Å². The predicted octanol–water partition coefficient (Wildman–Crippen LogP) is 11.6. The monoisotopic (exact) mass is 667 g/mol. The Morgan fingerprint density at radius 2 is 1.15 bits per heavy atom. The van der Waals surface area contributed by atoms with Crippen molar-refractivity contribution in [3.63, 3.8) is 0 Å². The van der Waals surface area contributed by atoms with Crippen molar-refractivity contribution in [1.82, 2.24) is 15.0 Å². The molecule has 7 aromatic carbocycles. The summed E-state index contributed by atoms with van der Waals surface area (Å²) in [7, 11) is 0. The number of allylic oxidation sites excluding steroid dienone is 2. The molecule has 52 heavy (non-hydrogen) atoms. The van der Waals surface area contributed by atoms with Crippen molar-refractivity contribution in [3.8, 4) is 39.7 Å². The summed E-state index contributed by atoms with van der Waals surface area (Å²) in [6.45, 7) is 0. The van der Waals surface area contributed by atoms with E-state index >= 15 is 0 Å². The lowest BCUT2D eigenvalue weighted by Gasteiger charge is -2.22. The summed E-state index contributed by atoms with van der Waals surface area (Å²) in [5, 5.41) is 6.80. The van der Waals surface area contributed by atoms with Gasteiger partial charge in [-0.1, -0.05) is 121 Å². The number of para-hydroxylation sites is 2. The van der Waals surface area contributed by atoms with Crippen LogP contribution in [-0.4, -0.2) is 21.1 Å². The molecule has 2 unspecified atom stereocenters. The van der Waals surface area contributed by atoms with Crippen molar-refractivity contribution in [1.29, 1.82) is 0 Å². The van der Waals surface area contributed by atoms with Gasteiger partial charge in [-0.3, -0.25) is 0 Å². The molecule has 0 fully saturated rings. The van der Waals surface area contributed by atoms with E-state index in [1.165, 1.54) is 5.39 Å². The lowest BCUT2D eigenvalue weighted by atomic mass is 9.84. The molecule has 2 aliphatic rings. The Kier molecular flexibility index (Phi) is 6.31. The van der Waals surface area contributed by atoms with Gasteiger partial charge < -0.3 is 9.15 Å². The largest absolute Gasteiger partial charge is 0.485 e. The number of hydrogen-bond donors (Lipinski definition) is 0. The van der Waals surface area contributed by atoms with Gasteiger partial charge in [0.2, 0.25) is 0 Å². The smallest absolute Gasteiger partial charge is 0.164 e. The van der Waals surface area contributed by atoms with Crippen molar-refractivity contribution in [3.05, 3.63) is 175 Å². The van der Waals surface area contributed by atoms with Crippen molar-refractivity contribution in [2.24, 2.45) is 0 Å². The second-order valence-electron chi connectivity index (χ2n) is 13.5. The highest BCUT2D eigenvalue weighted by Gasteiger charge is 2.38. The molecule has 1 aliphatic heterocycles. The van der Waals surface area contributed by atoms with Crippen molar-refractivity contribution >= 4 is 49.1 Å². The molecule has 0 N–H and O–H groups in total. The molecule has 0 saturated heterocycles. The Hall–Kier alpha value is -6.85. The second-order valence-corrected chi connectivity index (χ2v) is 13.5. The van der Waals surface area contributed by atoms with E-state index in [2.05, 4.69) is 133 Å². The fourth-order valence-electron chi connectivity index (χ4n) is 7.98.